The highest BCUT2D eigenvalue weighted by Crippen LogP contribution is 2.30. The van der Waals surface area contributed by atoms with Gasteiger partial charge in [0.1, 0.15) is 11.5 Å². The van der Waals surface area contributed by atoms with Gasteiger partial charge in [0, 0.05) is 10.6 Å². The zero-order valence-electron chi connectivity index (χ0n) is 19.4. The second kappa shape index (κ2) is 12.0. The molecule has 1 N–H and O–H groups in total. The molecule has 0 saturated heterocycles. The van der Waals surface area contributed by atoms with E-state index in [4.69, 9.17) is 14.6 Å². The van der Waals surface area contributed by atoms with Crippen LogP contribution in [0, 0.1) is 0 Å². The third-order valence-corrected chi connectivity index (χ3v) is 6.35. The normalized spacial score (nSPS) is 11.2. The van der Waals surface area contributed by atoms with Gasteiger partial charge in [-0.1, -0.05) is 72.8 Å². The smallest absolute Gasteiger partial charge is 0.341 e. The van der Waals surface area contributed by atoms with Crippen molar-refractivity contribution < 1.29 is 19.4 Å². The maximum atomic E-state index is 10.7. The number of hydrogen-bond acceptors (Lipinski definition) is 4. The topological polar surface area (TPSA) is 55.8 Å². The van der Waals surface area contributed by atoms with Crippen LogP contribution in [-0.4, -0.2) is 30.5 Å². The van der Waals surface area contributed by atoms with Crippen LogP contribution in [0.3, 0.4) is 0 Å². The number of thioether (sulfide) groups is 1. The number of carbonyl (C=O) groups is 1. The van der Waals surface area contributed by atoms with Crippen LogP contribution in [0.25, 0.3) is 16.7 Å². The first-order valence-electron chi connectivity index (χ1n) is 11.2. The Bertz CT molecular complexity index is 1280. The van der Waals surface area contributed by atoms with E-state index in [9.17, 15) is 4.79 Å². The molecular weight excluding hydrogens is 456 g/mol. The Morgan fingerprint density at radius 1 is 0.800 bits per heavy atom. The third-order valence-electron chi connectivity index (χ3n) is 5.41. The predicted molar refractivity (Wildman–Crippen MR) is 142 cm³/mol. The Morgan fingerprint density at radius 3 is 2.20 bits per heavy atom. The lowest BCUT2D eigenvalue weighted by Crippen LogP contribution is -2.09. The zero-order valence-corrected chi connectivity index (χ0v) is 20.2. The monoisotopic (exact) mass is 482 g/mol. The molecule has 4 aromatic rings. The molecule has 4 rings (SSSR count). The number of methoxy groups -OCH3 is 1. The molecule has 4 aromatic carbocycles. The van der Waals surface area contributed by atoms with Gasteiger partial charge in [0.2, 0.25) is 0 Å². The van der Waals surface area contributed by atoms with E-state index in [1.54, 1.807) is 31.0 Å². The molecule has 35 heavy (non-hydrogen) atoms. The van der Waals surface area contributed by atoms with Gasteiger partial charge in [0.05, 0.1) is 7.11 Å². The molecule has 5 heteroatoms. The number of benzene rings is 4. The Balaban J connectivity index is 1.54. The van der Waals surface area contributed by atoms with Crippen LogP contribution < -0.4 is 9.47 Å². The highest BCUT2D eigenvalue weighted by atomic mass is 32.2. The van der Waals surface area contributed by atoms with Crippen molar-refractivity contribution >= 4 is 23.3 Å². The van der Waals surface area contributed by atoms with Crippen LogP contribution in [0.2, 0.25) is 0 Å². The second-order valence-corrected chi connectivity index (χ2v) is 8.85. The quantitative estimate of drug-likeness (QED) is 0.246. The number of hydrogen-bond donors (Lipinski definition) is 1. The predicted octanol–water partition coefficient (Wildman–Crippen LogP) is 7.05. The summed E-state index contributed by atoms with van der Waals surface area (Å²) >= 11 is 1.70. The first-order chi connectivity index (χ1) is 17.1. The molecule has 0 aliphatic heterocycles. The minimum atomic E-state index is -0.990. The van der Waals surface area contributed by atoms with E-state index in [0.29, 0.717) is 5.75 Å². The van der Waals surface area contributed by atoms with Crippen molar-refractivity contribution in [3.05, 3.63) is 120 Å². The maximum Gasteiger partial charge on any atom is 0.341 e. The van der Waals surface area contributed by atoms with Crippen molar-refractivity contribution in [1.82, 2.24) is 0 Å². The van der Waals surface area contributed by atoms with Crippen molar-refractivity contribution in [1.29, 1.82) is 0 Å². The average Bonchev–Trinajstić information content (AvgIpc) is 2.91. The van der Waals surface area contributed by atoms with Gasteiger partial charge >= 0.3 is 5.97 Å². The summed E-state index contributed by atoms with van der Waals surface area (Å²) in [7, 11) is 1.68. The molecule has 0 atom stereocenters. The molecule has 0 spiro atoms. The van der Waals surface area contributed by atoms with E-state index < -0.39 is 5.97 Å². The summed E-state index contributed by atoms with van der Waals surface area (Å²) in [5.74, 6) is 1.14. The van der Waals surface area contributed by atoms with Gasteiger partial charge < -0.3 is 14.6 Å². The van der Waals surface area contributed by atoms with Crippen molar-refractivity contribution in [3.63, 3.8) is 0 Å². The van der Waals surface area contributed by atoms with E-state index in [-0.39, 0.29) is 6.61 Å². The standard InChI is InChI=1S/C30H26O4S/c1-33-27-9-5-8-25(20-27)29(24-12-10-23(11-13-24)22-6-3-2-4-7-22)18-19-35-28-16-14-26(15-17-28)34-21-30(31)32/h2-18,20H,19,21H2,1H3,(H,31,32)/b29-18+. The molecule has 0 amide bonds. The molecule has 0 saturated carbocycles. The largest absolute Gasteiger partial charge is 0.497 e. The minimum Gasteiger partial charge on any atom is -0.497 e. The Kier molecular flexibility index (Phi) is 8.25. The summed E-state index contributed by atoms with van der Waals surface area (Å²) in [4.78, 5) is 11.7. The summed E-state index contributed by atoms with van der Waals surface area (Å²) < 4.78 is 10.7. The van der Waals surface area contributed by atoms with Gasteiger partial charge in [-0.15, -0.1) is 11.8 Å². The van der Waals surface area contributed by atoms with Crippen molar-refractivity contribution in [2.45, 2.75) is 4.90 Å². The Morgan fingerprint density at radius 2 is 1.51 bits per heavy atom. The van der Waals surface area contributed by atoms with Gasteiger partial charge in [-0.3, -0.25) is 0 Å². The third kappa shape index (κ3) is 6.78. The fraction of sp³-hybridized carbons (Fsp3) is 0.100. The van der Waals surface area contributed by atoms with Gasteiger partial charge in [-0.05, 0) is 64.2 Å². The molecule has 0 aliphatic carbocycles. The molecule has 4 nitrogen and oxygen atoms in total. The van der Waals surface area contributed by atoms with Gasteiger partial charge in [0.15, 0.2) is 6.61 Å². The van der Waals surface area contributed by atoms with Gasteiger partial charge in [0.25, 0.3) is 0 Å². The van der Waals surface area contributed by atoms with E-state index in [0.717, 1.165) is 33.1 Å². The van der Waals surface area contributed by atoms with Gasteiger partial charge in [-0.2, -0.15) is 0 Å². The Labute approximate surface area is 209 Å². The van der Waals surface area contributed by atoms with Crippen LogP contribution in [0.15, 0.2) is 114 Å². The number of aliphatic carboxylic acids is 1. The average molecular weight is 483 g/mol. The van der Waals surface area contributed by atoms with Gasteiger partial charge in [-0.25, -0.2) is 4.79 Å². The fourth-order valence-electron chi connectivity index (χ4n) is 3.66. The van der Waals surface area contributed by atoms with E-state index in [1.807, 2.05) is 42.5 Å². The molecule has 176 valence electrons. The summed E-state index contributed by atoms with van der Waals surface area (Å²) in [6, 6.07) is 34.5. The van der Waals surface area contributed by atoms with E-state index >= 15 is 0 Å². The molecular formula is C30H26O4S. The first kappa shape index (κ1) is 24.2. The number of carboxylic acid groups (broad SMARTS) is 1. The lowest BCUT2D eigenvalue weighted by Gasteiger charge is -2.12. The Hall–Kier alpha value is -3.96. The van der Waals surface area contributed by atoms with Crippen LogP contribution >= 0.6 is 11.8 Å². The molecule has 0 bridgehead atoms. The molecule has 0 unspecified atom stereocenters. The summed E-state index contributed by atoms with van der Waals surface area (Å²) in [6.45, 7) is -0.345. The van der Waals surface area contributed by atoms with E-state index in [1.165, 1.54) is 11.1 Å². The maximum absolute atomic E-state index is 10.7. The minimum absolute atomic E-state index is 0.345. The second-order valence-electron chi connectivity index (χ2n) is 7.76. The lowest BCUT2D eigenvalue weighted by molar-refractivity contribution is -0.139. The first-order valence-corrected chi connectivity index (χ1v) is 12.2. The summed E-state index contributed by atoms with van der Waals surface area (Å²) in [6.07, 6.45) is 2.23. The van der Waals surface area contributed by atoms with Crippen LogP contribution in [0.1, 0.15) is 11.1 Å². The van der Waals surface area contributed by atoms with Crippen molar-refractivity contribution in [2.75, 3.05) is 19.5 Å². The number of ether oxygens (including phenoxy) is 2. The fourth-order valence-corrected chi connectivity index (χ4v) is 4.44. The summed E-state index contributed by atoms with van der Waals surface area (Å²) in [5.41, 5.74) is 5.74. The van der Waals surface area contributed by atoms with Crippen molar-refractivity contribution in [2.24, 2.45) is 0 Å². The summed E-state index contributed by atoms with van der Waals surface area (Å²) in [5, 5.41) is 8.75. The molecule has 0 aliphatic rings. The molecule has 0 fully saturated rings. The molecule has 0 aromatic heterocycles. The highest BCUT2D eigenvalue weighted by molar-refractivity contribution is 7.99. The van der Waals surface area contributed by atoms with E-state index in [2.05, 4.69) is 54.6 Å². The number of rotatable bonds is 10. The molecule has 0 radical (unpaired) electrons. The SMILES string of the molecule is COc1cccc(/C(=C/CSc2ccc(OCC(=O)O)cc2)c2ccc(-c3ccccc3)cc2)c1. The zero-order chi connectivity index (χ0) is 24.5. The van der Waals surface area contributed by atoms with Crippen molar-refractivity contribution in [3.8, 4) is 22.6 Å². The van der Waals surface area contributed by atoms with Crippen LogP contribution in [0.4, 0.5) is 0 Å². The highest BCUT2D eigenvalue weighted by Gasteiger charge is 2.08. The number of carboxylic acids is 1. The molecule has 0 heterocycles. The van der Waals surface area contributed by atoms with Crippen LogP contribution in [0.5, 0.6) is 11.5 Å². The lowest BCUT2D eigenvalue weighted by atomic mass is 9.95. The van der Waals surface area contributed by atoms with Crippen LogP contribution in [-0.2, 0) is 4.79 Å².